The summed E-state index contributed by atoms with van der Waals surface area (Å²) in [4.78, 5) is 13.7. The van der Waals surface area contributed by atoms with E-state index in [1.54, 1.807) is 30.1 Å². The average Bonchev–Trinajstić information content (AvgIpc) is 2.77. The van der Waals surface area contributed by atoms with Gasteiger partial charge in [0.25, 0.3) is 5.91 Å². The molecule has 1 aromatic rings. The van der Waals surface area contributed by atoms with Gasteiger partial charge in [0.15, 0.2) is 5.75 Å². The molecule has 1 amide bonds. The van der Waals surface area contributed by atoms with Crippen LogP contribution in [0.15, 0.2) is 41.8 Å². The molecule has 2 rings (SSSR count). The molecule has 0 spiro atoms. The first-order valence-corrected chi connectivity index (χ1v) is 7.85. The molecule has 0 radical (unpaired) electrons. The zero-order valence-electron chi connectivity index (χ0n) is 12.7. The van der Waals surface area contributed by atoms with Crippen LogP contribution in [0.3, 0.4) is 0 Å². The van der Waals surface area contributed by atoms with Crippen molar-refractivity contribution in [3.63, 3.8) is 0 Å². The lowest BCUT2D eigenvalue weighted by atomic mass is 10.2. The maximum atomic E-state index is 12.0. The van der Waals surface area contributed by atoms with Crippen molar-refractivity contribution in [2.45, 2.75) is 6.42 Å². The molecule has 0 saturated carbocycles. The molecule has 0 fully saturated rings. The summed E-state index contributed by atoms with van der Waals surface area (Å²) < 4.78 is 5.53. The van der Waals surface area contributed by atoms with Crippen molar-refractivity contribution in [3.05, 3.63) is 51.9 Å². The Morgan fingerprint density at radius 3 is 2.65 bits per heavy atom. The Hall–Kier alpha value is -1.85. The molecule has 7 heteroatoms. The minimum absolute atomic E-state index is 0.0518. The Kier molecular flexibility index (Phi) is 5.80. The molecule has 23 heavy (non-hydrogen) atoms. The van der Waals surface area contributed by atoms with Crippen LogP contribution >= 0.6 is 23.2 Å². The predicted molar refractivity (Wildman–Crippen MR) is 91.0 cm³/mol. The molecule has 1 aliphatic rings. The number of nitrogens with one attached hydrogen (secondary N) is 1. The van der Waals surface area contributed by atoms with Gasteiger partial charge in [-0.15, -0.1) is 0 Å². The first-order chi connectivity index (χ1) is 10.9. The van der Waals surface area contributed by atoms with Crippen molar-refractivity contribution in [2.75, 3.05) is 26.7 Å². The van der Waals surface area contributed by atoms with E-state index in [-0.39, 0.29) is 11.7 Å². The smallest absolute Gasteiger partial charge is 0.252 e. The van der Waals surface area contributed by atoms with Gasteiger partial charge in [-0.2, -0.15) is 0 Å². The summed E-state index contributed by atoms with van der Waals surface area (Å²) in [6.07, 6.45) is 0.581. The van der Waals surface area contributed by atoms with Gasteiger partial charge in [0.2, 0.25) is 0 Å². The topological polar surface area (TPSA) is 61.8 Å². The number of rotatable bonds is 6. The first kappa shape index (κ1) is 17.5. The zero-order valence-corrected chi connectivity index (χ0v) is 14.2. The van der Waals surface area contributed by atoms with Gasteiger partial charge in [-0.25, -0.2) is 0 Å². The second-order valence-electron chi connectivity index (χ2n) is 5.14. The van der Waals surface area contributed by atoms with E-state index in [0.29, 0.717) is 53.2 Å². The van der Waals surface area contributed by atoms with E-state index in [9.17, 15) is 9.90 Å². The molecule has 0 saturated heterocycles. The van der Waals surface area contributed by atoms with Crippen molar-refractivity contribution < 1.29 is 14.6 Å². The molecule has 0 unspecified atom stereocenters. The maximum Gasteiger partial charge on any atom is 0.252 e. The SMILES string of the molecule is C=C1C(O)=C(C(=O)NCCCOc2c(Cl)cccc2Cl)CN1C. The number of para-hydroxylation sites is 1. The van der Waals surface area contributed by atoms with Crippen LogP contribution in [-0.2, 0) is 4.79 Å². The molecular formula is C16H18Cl2N2O3. The molecule has 5 nitrogen and oxygen atoms in total. The molecule has 0 bridgehead atoms. The number of carbonyl (C=O) groups is 1. The number of halogens is 2. The number of likely N-dealkylation sites (N-methyl/N-ethyl adjacent to an activating group) is 1. The fourth-order valence-corrected chi connectivity index (χ4v) is 2.62. The van der Waals surface area contributed by atoms with E-state index in [1.807, 2.05) is 0 Å². The fraction of sp³-hybridized carbons (Fsp3) is 0.312. The highest BCUT2D eigenvalue weighted by Gasteiger charge is 2.26. The van der Waals surface area contributed by atoms with Crippen molar-refractivity contribution in [3.8, 4) is 5.75 Å². The minimum Gasteiger partial charge on any atom is -0.505 e. The summed E-state index contributed by atoms with van der Waals surface area (Å²) >= 11 is 12.0. The lowest BCUT2D eigenvalue weighted by Gasteiger charge is -2.11. The van der Waals surface area contributed by atoms with Crippen molar-refractivity contribution in [1.82, 2.24) is 10.2 Å². The largest absolute Gasteiger partial charge is 0.505 e. The highest BCUT2D eigenvalue weighted by molar-refractivity contribution is 6.37. The second-order valence-corrected chi connectivity index (χ2v) is 5.95. The van der Waals surface area contributed by atoms with Gasteiger partial charge in [-0.3, -0.25) is 4.79 Å². The standard InChI is InChI=1S/C16H18Cl2N2O3/c1-10-14(21)11(9-20(10)2)16(22)19-7-4-8-23-15-12(17)5-3-6-13(15)18/h3,5-6,21H,1,4,7-9H2,2H3,(H,19,22). The van der Waals surface area contributed by atoms with Crippen LogP contribution in [0.25, 0.3) is 0 Å². The van der Waals surface area contributed by atoms with Gasteiger partial charge in [0, 0.05) is 13.6 Å². The molecule has 1 aliphatic heterocycles. The number of nitrogens with zero attached hydrogens (tertiary/aromatic N) is 1. The van der Waals surface area contributed by atoms with Crippen LogP contribution in [0, 0.1) is 0 Å². The highest BCUT2D eigenvalue weighted by atomic mass is 35.5. The van der Waals surface area contributed by atoms with Crippen LogP contribution in [-0.4, -0.2) is 42.7 Å². The van der Waals surface area contributed by atoms with Gasteiger partial charge >= 0.3 is 0 Å². The normalized spacial score (nSPS) is 14.4. The molecule has 1 heterocycles. The Morgan fingerprint density at radius 1 is 1.43 bits per heavy atom. The van der Waals surface area contributed by atoms with E-state index >= 15 is 0 Å². The van der Waals surface area contributed by atoms with Crippen LogP contribution in [0.1, 0.15) is 6.42 Å². The second kappa shape index (κ2) is 7.62. The molecule has 0 atom stereocenters. The number of benzene rings is 1. The first-order valence-electron chi connectivity index (χ1n) is 7.09. The van der Waals surface area contributed by atoms with Gasteiger partial charge in [-0.1, -0.05) is 35.8 Å². The predicted octanol–water partition coefficient (Wildman–Crippen LogP) is 3.15. The lowest BCUT2D eigenvalue weighted by Crippen LogP contribution is -2.29. The summed E-state index contributed by atoms with van der Waals surface area (Å²) in [5.74, 6) is 0.0871. The zero-order chi connectivity index (χ0) is 17.0. The monoisotopic (exact) mass is 356 g/mol. The van der Waals surface area contributed by atoms with Crippen molar-refractivity contribution in [1.29, 1.82) is 0 Å². The summed E-state index contributed by atoms with van der Waals surface area (Å²) in [6.45, 7) is 4.82. The van der Waals surface area contributed by atoms with Crippen LogP contribution in [0.2, 0.25) is 10.0 Å². The lowest BCUT2D eigenvalue weighted by molar-refractivity contribution is -0.117. The summed E-state index contributed by atoms with van der Waals surface area (Å²) in [7, 11) is 1.76. The van der Waals surface area contributed by atoms with E-state index in [4.69, 9.17) is 27.9 Å². The maximum absolute atomic E-state index is 12.0. The number of aliphatic hydroxyl groups is 1. The van der Waals surface area contributed by atoms with Crippen molar-refractivity contribution >= 4 is 29.1 Å². The number of ether oxygens (including phenoxy) is 1. The minimum atomic E-state index is -0.302. The molecule has 0 aliphatic carbocycles. The third kappa shape index (κ3) is 4.12. The number of aliphatic hydroxyl groups excluding tert-OH is 1. The fourth-order valence-electron chi connectivity index (χ4n) is 2.12. The Balaban J connectivity index is 1.76. The van der Waals surface area contributed by atoms with Crippen LogP contribution < -0.4 is 10.1 Å². The molecule has 0 aromatic heterocycles. The van der Waals surface area contributed by atoms with Crippen LogP contribution in [0.4, 0.5) is 0 Å². The number of amides is 1. The molecule has 2 N–H and O–H groups in total. The molecule has 1 aromatic carbocycles. The van der Waals surface area contributed by atoms with E-state index in [2.05, 4.69) is 11.9 Å². The van der Waals surface area contributed by atoms with Gasteiger partial charge in [0.1, 0.15) is 5.76 Å². The molecule has 124 valence electrons. The van der Waals surface area contributed by atoms with E-state index < -0.39 is 0 Å². The average molecular weight is 357 g/mol. The van der Waals surface area contributed by atoms with Gasteiger partial charge < -0.3 is 20.1 Å². The molecular weight excluding hydrogens is 339 g/mol. The van der Waals surface area contributed by atoms with E-state index in [0.717, 1.165) is 0 Å². The summed E-state index contributed by atoms with van der Waals surface area (Å²) in [6, 6.07) is 5.14. The Bertz CT molecular complexity index is 638. The number of carbonyl (C=O) groups excluding carboxylic acids is 1. The highest BCUT2D eigenvalue weighted by Crippen LogP contribution is 2.32. The Labute approximate surface area is 145 Å². The third-order valence-electron chi connectivity index (χ3n) is 3.46. The summed E-state index contributed by atoms with van der Waals surface area (Å²) in [5, 5.41) is 13.5. The van der Waals surface area contributed by atoms with Crippen molar-refractivity contribution in [2.24, 2.45) is 0 Å². The summed E-state index contributed by atoms with van der Waals surface area (Å²) in [5.41, 5.74) is 0.777. The quantitative estimate of drug-likeness (QED) is 0.768. The van der Waals surface area contributed by atoms with Gasteiger partial charge in [0.05, 0.1) is 34.5 Å². The number of hydrogen-bond acceptors (Lipinski definition) is 4. The van der Waals surface area contributed by atoms with Crippen LogP contribution in [0.5, 0.6) is 5.75 Å². The number of hydrogen-bond donors (Lipinski definition) is 2. The Morgan fingerprint density at radius 2 is 2.09 bits per heavy atom. The third-order valence-corrected chi connectivity index (χ3v) is 4.06. The van der Waals surface area contributed by atoms with E-state index in [1.165, 1.54) is 0 Å². The van der Waals surface area contributed by atoms with Gasteiger partial charge in [-0.05, 0) is 18.6 Å².